The summed E-state index contributed by atoms with van der Waals surface area (Å²) in [5.41, 5.74) is 0.231. The quantitative estimate of drug-likeness (QED) is 0.544. The van der Waals surface area contributed by atoms with Crippen molar-refractivity contribution in [1.29, 1.82) is 0 Å². The van der Waals surface area contributed by atoms with E-state index in [0.29, 0.717) is 42.3 Å². The molecule has 4 fully saturated rings. The Hall–Kier alpha value is -1.07. The SMILES string of the molecule is CC(=O)[C@H]1CC[C@H]2[C@@H]3CC[C@H]4C[C@H](OC(=O)C(F)(F)F)CC[C@]4(C)[C@H]3CC[C@]12C. The van der Waals surface area contributed by atoms with Crippen LogP contribution in [-0.2, 0) is 14.3 Å². The lowest BCUT2D eigenvalue weighted by Crippen LogP contribution is -2.54. The number of ketones is 1. The third-order valence-corrected chi connectivity index (χ3v) is 9.61. The molecule has 4 aliphatic rings. The second kappa shape index (κ2) is 6.98. The van der Waals surface area contributed by atoms with Crippen LogP contribution in [0.4, 0.5) is 13.2 Å². The maximum Gasteiger partial charge on any atom is 0.490 e. The smallest absolute Gasteiger partial charge is 0.456 e. The van der Waals surface area contributed by atoms with Crippen LogP contribution < -0.4 is 0 Å². The third-order valence-electron chi connectivity index (χ3n) is 9.61. The molecule has 0 saturated heterocycles. The lowest BCUT2D eigenvalue weighted by atomic mass is 9.44. The topological polar surface area (TPSA) is 43.4 Å². The van der Waals surface area contributed by atoms with E-state index in [4.69, 9.17) is 4.74 Å². The number of hydrogen-bond donors (Lipinski definition) is 0. The molecule has 4 rings (SSSR count). The summed E-state index contributed by atoms with van der Waals surface area (Å²) in [4.78, 5) is 23.5. The largest absolute Gasteiger partial charge is 0.490 e. The normalized spacial score (nSPS) is 47.0. The minimum absolute atomic E-state index is 0.111. The van der Waals surface area contributed by atoms with Crippen LogP contribution in [-0.4, -0.2) is 24.0 Å². The van der Waals surface area contributed by atoms with Gasteiger partial charge in [0.1, 0.15) is 11.9 Å². The average molecular weight is 415 g/mol. The molecule has 4 saturated carbocycles. The Balaban J connectivity index is 1.48. The minimum Gasteiger partial charge on any atom is -0.456 e. The first-order chi connectivity index (χ1) is 13.5. The maximum atomic E-state index is 12.6. The van der Waals surface area contributed by atoms with Crippen LogP contribution in [0.2, 0.25) is 0 Å². The molecule has 6 heteroatoms. The van der Waals surface area contributed by atoms with Crippen LogP contribution >= 0.6 is 0 Å². The molecule has 0 N–H and O–H groups in total. The van der Waals surface area contributed by atoms with E-state index in [-0.39, 0.29) is 16.7 Å². The van der Waals surface area contributed by atoms with Gasteiger partial charge in [0.25, 0.3) is 0 Å². The highest BCUT2D eigenvalue weighted by molar-refractivity contribution is 5.79. The van der Waals surface area contributed by atoms with Gasteiger partial charge in [0.15, 0.2) is 0 Å². The van der Waals surface area contributed by atoms with Crippen LogP contribution in [0.15, 0.2) is 0 Å². The lowest BCUT2D eigenvalue weighted by Gasteiger charge is -2.61. The molecule has 4 aliphatic carbocycles. The Morgan fingerprint density at radius 3 is 2.21 bits per heavy atom. The molecule has 0 aromatic heterocycles. The number of alkyl halides is 3. The standard InChI is InChI=1S/C23H33F3O3/c1-13(27)17-6-7-18-16-5-4-14-12-15(29-20(28)23(24,25)26)8-10-21(14,2)19(16)9-11-22(17,18)3/h14-19H,4-12H2,1-3H3/t14-,15+,16-,17+,18-,19-,21-,22+/m0/s1. The number of halogens is 3. The molecule has 0 heterocycles. The van der Waals surface area contributed by atoms with E-state index in [2.05, 4.69) is 13.8 Å². The fourth-order valence-electron chi connectivity index (χ4n) is 8.21. The Morgan fingerprint density at radius 2 is 1.55 bits per heavy atom. The van der Waals surface area contributed by atoms with Crippen molar-refractivity contribution in [2.45, 2.75) is 90.8 Å². The number of Topliss-reactive ketones (excluding diaryl/α,β-unsaturated/α-hetero) is 1. The average Bonchev–Trinajstić information content (AvgIpc) is 2.98. The summed E-state index contributed by atoms with van der Waals surface area (Å²) >= 11 is 0. The zero-order chi connectivity index (χ0) is 21.2. The zero-order valence-electron chi connectivity index (χ0n) is 17.7. The number of carbonyl (C=O) groups is 2. The van der Waals surface area contributed by atoms with Crippen LogP contribution in [0.25, 0.3) is 0 Å². The van der Waals surface area contributed by atoms with Crippen molar-refractivity contribution in [2.24, 2.45) is 40.4 Å². The van der Waals surface area contributed by atoms with Crippen LogP contribution in [0.3, 0.4) is 0 Å². The molecule has 0 aromatic carbocycles. The van der Waals surface area contributed by atoms with Gasteiger partial charge in [0.2, 0.25) is 0 Å². The Kier molecular flexibility index (Phi) is 5.10. The van der Waals surface area contributed by atoms with Gasteiger partial charge in [-0.15, -0.1) is 0 Å². The molecule has 29 heavy (non-hydrogen) atoms. The van der Waals surface area contributed by atoms with Crippen molar-refractivity contribution < 1.29 is 27.5 Å². The monoisotopic (exact) mass is 414 g/mol. The van der Waals surface area contributed by atoms with Gasteiger partial charge in [-0.3, -0.25) is 4.79 Å². The van der Waals surface area contributed by atoms with Gasteiger partial charge in [-0.1, -0.05) is 13.8 Å². The number of ether oxygens (including phenoxy) is 1. The number of carbonyl (C=O) groups excluding carboxylic acids is 2. The first-order valence-corrected chi connectivity index (χ1v) is 11.2. The van der Waals surface area contributed by atoms with Crippen molar-refractivity contribution in [2.75, 3.05) is 0 Å². The number of fused-ring (bicyclic) bond motifs is 5. The summed E-state index contributed by atoms with van der Waals surface area (Å²) in [6.07, 6.45) is 2.81. The third kappa shape index (κ3) is 3.33. The maximum absolute atomic E-state index is 12.6. The molecule has 0 bridgehead atoms. The van der Waals surface area contributed by atoms with E-state index in [1.807, 2.05) is 0 Å². The summed E-state index contributed by atoms with van der Waals surface area (Å²) in [6.45, 7) is 6.40. The van der Waals surface area contributed by atoms with Gasteiger partial charge >= 0.3 is 12.1 Å². The minimum atomic E-state index is -4.91. The van der Waals surface area contributed by atoms with Crippen molar-refractivity contribution in [1.82, 2.24) is 0 Å². The molecule has 164 valence electrons. The van der Waals surface area contributed by atoms with E-state index >= 15 is 0 Å². The molecule has 0 amide bonds. The van der Waals surface area contributed by atoms with Gasteiger partial charge in [0, 0.05) is 5.92 Å². The summed E-state index contributed by atoms with van der Waals surface area (Å²) < 4.78 is 42.6. The van der Waals surface area contributed by atoms with Crippen molar-refractivity contribution in [3.63, 3.8) is 0 Å². The highest BCUT2D eigenvalue weighted by Gasteiger charge is 2.61. The summed E-state index contributed by atoms with van der Waals surface area (Å²) in [6, 6.07) is 0. The zero-order valence-corrected chi connectivity index (χ0v) is 17.7. The molecular formula is C23H33F3O3. The number of esters is 1. The number of hydrogen-bond acceptors (Lipinski definition) is 3. The summed E-state index contributed by atoms with van der Waals surface area (Å²) in [5.74, 6) is 0.579. The van der Waals surface area contributed by atoms with Crippen LogP contribution in [0.1, 0.15) is 78.6 Å². The van der Waals surface area contributed by atoms with Gasteiger partial charge in [0.05, 0.1) is 0 Å². The predicted octanol–water partition coefficient (Wildman–Crippen LogP) is 5.71. The van der Waals surface area contributed by atoms with Crippen LogP contribution in [0.5, 0.6) is 0 Å². The van der Waals surface area contributed by atoms with Crippen molar-refractivity contribution in [3.8, 4) is 0 Å². The molecule has 0 spiro atoms. The molecular weight excluding hydrogens is 381 g/mol. The van der Waals surface area contributed by atoms with E-state index < -0.39 is 18.2 Å². The van der Waals surface area contributed by atoms with E-state index in [1.54, 1.807) is 6.92 Å². The molecule has 0 radical (unpaired) electrons. The molecule has 0 aromatic rings. The Labute approximate surface area is 171 Å². The predicted molar refractivity (Wildman–Crippen MR) is 102 cm³/mol. The van der Waals surface area contributed by atoms with Crippen molar-refractivity contribution >= 4 is 11.8 Å². The summed E-state index contributed by atoms with van der Waals surface area (Å²) in [7, 11) is 0. The molecule has 3 nitrogen and oxygen atoms in total. The van der Waals surface area contributed by atoms with Gasteiger partial charge in [-0.25, -0.2) is 4.79 Å². The highest BCUT2D eigenvalue weighted by atomic mass is 19.4. The van der Waals surface area contributed by atoms with Gasteiger partial charge in [-0.2, -0.15) is 13.2 Å². The second-order valence-corrected chi connectivity index (χ2v) is 10.7. The van der Waals surface area contributed by atoms with E-state index in [9.17, 15) is 22.8 Å². The number of rotatable bonds is 2. The van der Waals surface area contributed by atoms with Gasteiger partial charge in [-0.05, 0) is 99.2 Å². The fraction of sp³-hybridized carbons (Fsp3) is 0.913. The van der Waals surface area contributed by atoms with Crippen molar-refractivity contribution in [3.05, 3.63) is 0 Å². The highest BCUT2D eigenvalue weighted by Crippen LogP contribution is 2.67. The fourth-order valence-corrected chi connectivity index (χ4v) is 8.21. The summed E-state index contributed by atoms with van der Waals surface area (Å²) in [5, 5.41) is 0. The molecule has 8 atom stereocenters. The van der Waals surface area contributed by atoms with E-state index in [1.165, 1.54) is 0 Å². The first kappa shape index (κ1) is 21.2. The van der Waals surface area contributed by atoms with Gasteiger partial charge < -0.3 is 4.74 Å². The second-order valence-electron chi connectivity index (χ2n) is 10.7. The lowest BCUT2D eigenvalue weighted by molar-refractivity contribution is -0.210. The molecule has 0 aliphatic heterocycles. The molecule has 0 unspecified atom stereocenters. The Morgan fingerprint density at radius 1 is 0.897 bits per heavy atom. The van der Waals surface area contributed by atoms with E-state index in [0.717, 1.165) is 44.9 Å². The van der Waals surface area contributed by atoms with Crippen LogP contribution in [0, 0.1) is 40.4 Å². The Bertz CT molecular complexity index is 689. The first-order valence-electron chi connectivity index (χ1n) is 11.2.